The maximum absolute atomic E-state index is 11.7. The summed E-state index contributed by atoms with van der Waals surface area (Å²) in [7, 11) is -0.926. The Balaban J connectivity index is 2.59. The van der Waals surface area contributed by atoms with Crippen molar-refractivity contribution in [3.8, 4) is 0 Å². The molecule has 3 N–H and O–H groups in total. The van der Waals surface area contributed by atoms with Gasteiger partial charge in [-0.15, -0.1) is 0 Å². The molecule has 6 nitrogen and oxygen atoms in total. The Morgan fingerprint density at radius 1 is 1.43 bits per heavy atom. The van der Waals surface area contributed by atoms with Gasteiger partial charge in [0.05, 0.1) is 11.3 Å². The molecule has 1 aromatic rings. The lowest BCUT2D eigenvalue weighted by atomic mass is 10.2. The number of carboxylic acid groups (broad SMARTS) is 1. The molecule has 0 bridgehead atoms. The molecule has 0 saturated carbocycles. The van der Waals surface area contributed by atoms with Crippen LogP contribution in [0.25, 0.3) is 0 Å². The van der Waals surface area contributed by atoms with Crippen LogP contribution in [0.2, 0.25) is 0 Å². The van der Waals surface area contributed by atoms with Crippen LogP contribution >= 0.6 is 22.6 Å². The Bertz CT molecular complexity index is 565. The fourth-order valence-corrected chi connectivity index (χ4v) is 2.46. The lowest BCUT2D eigenvalue weighted by Gasteiger charge is -2.12. The molecule has 0 spiro atoms. The van der Waals surface area contributed by atoms with Gasteiger partial charge >= 0.3 is 12.0 Å². The zero-order valence-corrected chi connectivity index (χ0v) is 14.7. The quantitative estimate of drug-likeness (QED) is 0.611. The van der Waals surface area contributed by atoms with Gasteiger partial charge in [0, 0.05) is 32.4 Å². The zero-order valence-electron chi connectivity index (χ0n) is 11.7. The second kappa shape index (κ2) is 8.32. The summed E-state index contributed by atoms with van der Waals surface area (Å²) in [5, 5.41) is 14.2. The minimum Gasteiger partial charge on any atom is -0.478 e. The fraction of sp³-hybridized carbons (Fsp3) is 0.385. The summed E-state index contributed by atoms with van der Waals surface area (Å²) in [6.45, 7) is 2.22. The fourth-order valence-electron chi connectivity index (χ4n) is 1.52. The van der Waals surface area contributed by atoms with Crippen LogP contribution in [-0.2, 0) is 10.8 Å². The van der Waals surface area contributed by atoms with Crippen molar-refractivity contribution in [1.82, 2.24) is 5.32 Å². The molecule has 0 radical (unpaired) electrons. The molecule has 0 aromatic heterocycles. The number of carbonyl (C=O) groups is 2. The molecular weight excluding hydrogens is 407 g/mol. The molecule has 116 valence electrons. The van der Waals surface area contributed by atoms with Crippen molar-refractivity contribution in [1.29, 1.82) is 0 Å². The van der Waals surface area contributed by atoms with Gasteiger partial charge in [0.2, 0.25) is 0 Å². The third-order valence-electron chi connectivity index (χ3n) is 2.86. The first-order chi connectivity index (χ1) is 9.81. The normalized spacial score (nSPS) is 13.3. The molecule has 1 rings (SSSR count). The molecule has 0 saturated heterocycles. The maximum atomic E-state index is 11.7. The number of hydrogen-bond acceptors (Lipinski definition) is 3. The number of urea groups is 1. The summed E-state index contributed by atoms with van der Waals surface area (Å²) in [6, 6.07) is 4.27. The van der Waals surface area contributed by atoms with E-state index in [2.05, 4.69) is 10.6 Å². The van der Waals surface area contributed by atoms with Gasteiger partial charge in [-0.1, -0.05) is 6.92 Å². The molecule has 2 atom stereocenters. The van der Waals surface area contributed by atoms with Gasteiger partial charge in [0.25, 0.3) is 0 Å². The van der Waals surface area contributed by atoms with Crippen molar-refractivity contribution in [3.63, 3.8) is 0 Å². The number of nitrogens with one attached hydrogen (secondary N) is 2. The number of carboxylic acids is 1. The minimum absolute atomic E-state index is 0.00168. The largest absolute Gasteiger partial charge is 0.478 e. The highest BCUT2D eigenvalue weighted by Gasteiger charge is 2.13. The first-order valence-electron chi connectivity index (χ1n) is 6.21. The van der Waals surface area contributed by atoms with Gasteiger partial charge in [-0.25, -0.2) is 9.59 Å². The predicted molar refractivity (Wildman–Crippen MR) is 91.3 cm³/mol. The van der Waals surface area contributed by atoms with Crippen LogP contribution < -0.4 is 10.6 Å². The van der Waals surface area contributed by atoms with Crippen molar-refractivity contribution in [2.75, 3.05) is 18.1 Å². The smallest absolute Gasteiger partial charge is 0.337 e. The topological polar surface area (TPSA) is 95.5 Å². The van der Waals surface area contributed by atoms with Crippen LogP contribution in [0.15, 0.2) is 18.2 Å². The van der Waals surface area contributed by atoms with E-state index in [0.717, 1.165) is 3.57 Å². The second-order valence-corrected chi connectivity index (χ2v) is 7.52. The molecule has 0 aliphatic rings. The third kappa shape index (κ3) is 6.00. The van der Waals surface area contributed by atoms with Gasteiger partial charge in [0.15, 0.2) is 0 Å². The van der Waals surface area contributed by atoms with Gasteiger partial charge in [0.1, 0.15) is 0 Å². The monoisotopic (exact) mass is 424 g/mol. The minimum atomic E-state index is -1.10. The number of rotatable bonds is 6. The van der Waals surface area contributed by atoms with E-state index >= 15 is 0 Å². The summed E-state index contributed by atoms with van der Waals surface area (Å²) in [4.78, 5) is 22.9. The Hall–Kier alpha value is -1.16. The van der Waals surface area contributed by atoms with E-state index in [-0.39, 0.29) is 16.5 Å². The lowest BCUT2D eigenvalue weighted by Crippen LogP contribution is -2.32. The number of halogens is 1. The molecule has 1 aromatic carbocycles. The second-order valence-electron chi connectivity index (χ2n) is 4.47. The summed E-state index contributed by atoms with van der Waals surface area (Å²) in [5.74, 6) is -1.10. The van der Waals surface area contributed by atoms with E-state index in [1.807, 2.05) is 29.5 Å². The van der Waals surface area contributed by atoms with E-state index in [1.165, 1.54) is 6.07 Å². The highest BCUT2D eigenvalue weighted by atomic mass is 127. The summed E-state index contributed by atoms with van der Waals surface area (Å²) in [5.41, 5.74) is 0.285. The van der Waals surface area contributed by atoms with Crippen LogP contribution in [0.5, 0.6) is 0 Å². The van der Waals surface area contributed by atoms with Crippen LogP contribution in [0.4, 0.5) is 10.5 Å². The van der Waals surface area contributed by atoms with Crippen molar-refractivity contribution in [3.05, 3.63) is 27.3 Å². The number of aromatic carboxylic acids is 1. The molecule has 0 aliphatic carbocycles. The molecule has 2 amide bonds. The Kier molecular flexibility index (Phi) is 7.09. The van der Waals surface area contributed by atoms with E-state index in [0.29, 0.717) is 13.0 Å². The summed E-state index contributed by atoms with van der Waals surface area (Å²) in [6.07, 6.45) is 2.21. The van der Waals surface area contributed by atoms with Gasteiger partial charge in [-0.05, 0) is 47.2 Å². The van der Waals surface area contributed by atoms with Crippen LogP contribution in [0.1, 0.15) is 23.7 Å². The first kappa shape index (κ1) is 17.9. The van der Waals surface area contributed by atoms with Crippen LogP contribution in [0, 0.1) is 3.57 Å². The van der Waals surface area contributed by atoms with Gasteiger partial charge in [-0.3, -0.25) is 4.21 Å². The standard InChI is InChI=1S/C13H17IN2O4S/c1-8(21(2)20)5-6-15-13(19)16-11-4-3-9(14)7-10(11)12(17)18/h3-4,7-8H,5-6H2,1-2H3,(H,17,18)(H2,15,16,19). The number of amides is 2. The van der Waals surface area contributed by atoms with E-state index in [1.54, 1.807) is 18.4 Å². The average molecular weight is 424 g/mol. The molecule has 2 unspecified atom stereocenters. The third-order valence-corrected chi connectivity index (χ3v) is 4.90. The van der Waals surface area contributed by atoms with Gasteiger partial charge in [-0.2, -0.15) is 0 Å². The molecule has 8 heteroatoms. The molecule has 0 aliphatic heterocycles. The number of hydrogen-bond donors (Lipinski definition) is 3. The van der Waals surface area contributed by atoms with E-state index in [9.17, 15) is 13.8 Å². The van der Waals surface area contributed by atoms with Crippen LogP contribution in [0.3, 0.4) is 0 Å². The Morgan fingerprint density at radius 2 is 2.10 bits per heavy atom. The lowest BCUT2D eigenvalue weighted by molar-refractivity contribution is 0.0698. The number of carbonyl (C=O) groups excluding carboxylic acids is 1. The van der Waals surface area contributed by atoms with Gasteiger partial charge < -0.3 is 15.7 Å². The maximum Gasteiger partial charge on any atom is 0.337 e. The molecule has 0 fully saturated rings. The molecule has 0 heterocycles. The number of benzene rings is 1. The zero-order chi connectivity index (χ0) is 16.0. The number of anilines is 1. The first-order valence-corrected chi connectivity index (χ1v) is 8.91. The van der Waals surface area contributed by atoms with Crippen molar-refractivity contribution in [2.45, 2.75) is 18.6 Å². The average Bonchev–Trinajstić information content (AvgIpc) is 2.40. The summed E-state index contributed by atoms with van der Waals surface area (Å²) < 4.78 is 12.0. The predicted octanol–water partition coefficient (Wildman–Crippen LogP) is 2.27. The molecule has 21 heavy (non-hydrogen) atoms. The Labute approximate surface area is 139 Å². The van der Waals surface area contributed by atoms with Crippen molar-refractivity contribution >= 4 is 51.1 Å². The SMILES string of the molecule is CC(CCNC(=O)Nc1ccc(I)cc1C(=O)O)S(C)=O. The molecular formula is C13H17IN2O4S. The van der Waals surface area contributed by atoms with E-state index in [4.69, 9.17) is 5.11 Å². The van der Waals surface area contributed by atoms with Crippen molar-refractivity contribution < 1.29 is 18.9 Å². The highest BCUT2D eigenvalue weighted by Crippen LogP contribution is 2.18. The Morgan fingerprint density at radius 3 is 2.67 bits per heavy atom. The van der Waals surface area contributed by atoms with E-state index < -0.39 is 22.8 Å². The van der Waals surface area contributed by atoms with Crippen molar-refractivity contribution in [2.24, 2.45) is 0 Å². The highest BCUT2D eigenvalue weighted by molar-refractivity contribution is 14.1. The summed E-state index contributed by atoms with van der Waals surface area (Å²) >= 11 is 2.00. The van der Waals surface area contributed by atoms with Crippen LogP contribution in [-0.4, -0.2) is 39.4 Å².